The molecule has 15 nitrogen and oxygen atoms in total. The van der Waals surface area contributed by atoms with E-state index in [1.54, 1.807) is 58.2 Å². The Morgan fingerprint density at radius 3 is 2.42 bits per heavy atom. The average Bonchev–Trinajstić information content (AvgIpc) is 3.57. The van der Waals surface area contributed by atoms with Gasteiger partial charge < -0.3 is 40.2 Å². The molecule has 4 N–H and O–H groups in total. The number of carbonyl (C=O) groups excluding carboxylic acids is 4. The zero-order chi connectivity index (χ0) is 41.4. The van der Waals surface area contributed by atoms with E-state index in [0.29, 0.717) is 43.4 Å². The van der Waals surface area contributed by atoms with E-state index in [4.69, 9.17) is 19.2 Å². The molecule has 2 aliphatic carbocycles. The maximum absolute atomic E-state index is 14.6. The zero-order valence-electron chi connectivity index (χ0n) is 32.8. The Balaban J connectivity index is 1.34. The number of thiazole rings is 1. The number of likely N-dealkylation sites (tertiary alicyclic amines) is 1. The van der Waals surface area contributed by atoms with E-state index in [0.717, 1.165) is 25.7 Å². The fourth-order valence-corrected chi connectivity index (χ4v) is 8.59. The predicted molar refractivity (Wildman–Crippen MR) is 217 cm³/mol. The summed E-state index contributed by atoms with van der Waals surface area (Å²) in [6, 6.07) is 3.01. The number of carboxylic acids is 1. The number of carbonyl (C=O) groups is 5. The topological polar surface area (TPSA) is 198 Å². The van der Waals surface area contributed by atoms with Gasteiger partial charge in [0.1, 0.15) is 47.0 Å². The Labute approximate surface area is 343 Å². The molecule has 0 spiro atoms. The molecule has 6 rings (SSSR count). The molecule has 306 valence electrons. The third-order valence-corrected chi connectivity index (χ3v) is 12.2. The Kier molecular flexibility index (Phi) is 12.2. The second-order valence-corrected chi connectivity index (χ2v) is 17.9. The molecule has 1 aromatic carbocycles. The number of anilines is 1. The maximum atomic E-state index is 14.6. The summed E-state index contributed by atoms with van der Waals surface area (Å²) in [6.07, 6.45) is 3.37. The van der Waals surface area contributed by atoms with Crippen LogP contribution >= 0.6 is 27.3 Å². The van der Waals surface area contributed by atoms with Gasteiger partial charge in [-0.25, -0.2) is 19.6 Å². The van der Waals surface area contributed by atoms with Crippen molar-refractivity contribution < 1.29 is 43.3 Å². The Bertz CT molecular complexity index is 2080. The molecule has 4 amide bonds. The lowest BCUT2D eigenvalue weighted by Gasteiger charge is -2.35. The number of aromatic nitrogens is 2. The van der Waals surface area contributed by atoms with Gasteiger partial charge in [-0.05, 0) is 65.6 Å². The van der Waals surface area contributed by atoms with Crippen LogP contribution in [0.4, 0.5) is 9.93 Å². The van der Waals surface area contributed by atoms with Crippen LogP contribution < -0.4 is 25.4 Å². The highest BCUT2D eigenvalue weighted by atomic mass is 79.9. The SMILES string of the molecule is C=C[C@@H]1C[C@]1(NC(=O)[C@H]1C[C@H](Oc2cc(-c3csc(NC(=O)C(C)C)n3)nc3c(Br)c(OC)ccc23)CN1C(=O)[C@H](NC(=O)OC1CCCC1)C(C)(C)C)C(=O)O. The van der Waals surface area contributed by atoms with Crippen LogP contribution in [-0.4, -0.2) is 93.2 Å². The lowest BCUT2D eigenvalue weighted by molar-refractivity contribution is -0.146. The van der Waals surface area contributed by atoms with Crippen molar-refractivity contribution in [2.24, 2.45) is 17.3 Å². The number of benzene rings is 1. The van der Waals surface area contributed by atoms with E-state index in [2.05, 4.69) is 43.4 Å². The smallest absolute Gasteiger partial charge is 0.408 e. The summed E-state index contributed by atoms with van der Waals surface area (Å²) < 4.78 is 18.5. The molecule has 2 aromatic heterocycles. The van der Waals surface area contributed by atoms with E-state index < -0.39 is 58.9 Å². The van der Waals surface area contributed by atoms with Crippen molar-refractivity contribution in [2.75, 3.05) is 19.0 Å². The monoisotopic (exact) mass is 868 g/mol. The second kappa shape index (κ2) is 16.6. The van der Waals surface area contributed by atoms with Gasteiger partial charge in [0.05, 0.1) is 29.3 Å². The molecule has 1 saturated heterocycles. The Morgan fingerprint density at radius 1 is 1.09 bits per heavy atom. The first kappa shape index (κ1) is 41.9. The van der Waals surface area contributed by atoms with Crippen LogP contribution in [0.3, 0.4) is 0 Å². The highest BCUT2D eigenvalue weighted by molar-refractivity contribution is 9.10. The highest BCUT2D eigenvalue weighted by Gasteiger charge is 2.61. The van der Waals surface area contributed by atoms with Crippen LogP contribution in [0.15, 0.2) is 40.7 Å². The summed E-state index contributed by atoms with van der Waals surface area (Å²) in [4.78, 5) is 77.5. The quantitative estimate of drug-likeness (QED) is 0.141. The average molecular weight is 870 g/mol. The number of pyridine rings is 1. The molecule has 3 fully saturated rings. The largest absolute Gasteiger partial charge is 0.495 e. The van der Waals surface area contributed by atoms with Crippen LogP contribution in [0, 0.1) is 17.3 Å². The number of carboxylic acid groups (broad SMARTS) is 1. The van der Waals surface area contributed by atoms with Gasteiger partial charge in [-0.2, -0.15) is 0 Å². The third kappa shape index (κ3) is 8.88. The number of methoxy groups -OCH3 is 1. The molecular formula is C40H49BrN6O9S. The first-order valence-corrected chi connectivity index (χ1v) is 20.7. The first-order chi connectivity index (χ1) is 26.9. The number of alkyl carbamates (subject to hydrolysis) is 1. The van der Waals surface area contributed by atoms with Crippen LogP contribution in [0.5, 0.6) is 11.5 Å². The summed E-state index contributed by atoms with van der Waals surface area (Å²) in [5, 5.41) is 21.2. The highest BCUT2D eigenvalue weighted by Crippen LogP contribution is 2.45. The molecule has 17 heteroatoms. The zero-order valence-corrected chi connectivity index (χ0v) is 35.3. The summed E-state index contributed by atoms with van der Waals surface area (Å²) >= 11 is 4.87. The van der Waals surface area contributed by atoms with E-state index >= 15 is 0 Å². The molecule has 3 heterocycles. The number of fused-ring (bicyclic) bond motifs is 1. The summed E-state index contributed by atoms with van der Waals surface area (Å²) in [7, 11) is 1.54. The van der Waals surface area contributed by atoms with E-state index in [9.17, 15) is 29.1 Å². The van der Waals surface area contributed by atoms with Crippen molar-refractivity contribution in [1.29, 1.82) is 0 Å². The fraction of sp³-hybridized carbons (Fsp3) is 0.525. The number of nitrogens with one attached hydrogen (secondary N) is 3. The van der Waals surface area contributed by atoms with E-state index in [-0.39, 0.29) is 37.3 Å². The van der Waals surface area contributed by atoms with Gasteiger partial charge in [0.15, 0.2) is 5.13 Å². The fourth-order valence-electron chi connectivity index (χ4n) is 7.29. The summed E-state index contributed by atoms with van der Waals surface area (Å²) in [5.74, 6) is -2.40. The minimum atomic E-state index is -1.54. The number of amides is 4. The number of rotatable bonds is 13. The van der Waals surface area contributed by atoms with E-state index in [1.165, 1.54) is 29.4 Å². The van der Waals surface area contributed by atoms with Crippen molar-refractivity contribution >= 4 is 73.1 Å². The van der Waals surface area contributed by atoms with E-state index in [1.807, 2.05) is 0 Å². The lowest BCUT2D eigenvalue weighted by Crippen LogP contribution is -2.59. The molecule has 2 saturated carbocycles. The van der Waals surface area contributed by atoms with Crippen molar-refractivity contribution in [3.63, 3.8) is 0 Å². The number of nitrogens with zero attached hydrogens (tertiary/aromatic N) is 3. The van der Waals surface area contributed by atoms with Gasteiger partial charge in [0.25, 0.3) is 0 Å². The van der Waals surface area contributed by atoms with Crippen LogP contribution in [0.1, 0.15) is 73.1 Å². The van der Waals surface area contributed by atoms with Crippen molar-refractivity contribution in [2.45, 2.75) is 103 Å². The number of hydrogen-bond donors (Lipinski definition) is 4. The van der Waals surface area contributed by atoms with Gasteiger partial charge in [0.2, 0.25) is 17.7 Å². The number of hydrogen-bond acceptors (Lipinski definition) is 11. The molecular weight excluding hydrogens is 820 g/mol. The first-order valence-electron chi connectivity index (χ1n) is 19.0. The normalized spacial score (nSPS) is 22.5. The predicted octanol–water partition coefficient (Wildman–Crippen LogP) is 6.30. The van der Waals surface area contributed by atoms with Crippen molar-refractivity contribution in [3.8, 4) is 22.9 Å². The summed E-state index contributed by atoms with van der Waals surface area (Å²) in [5.41, 5.74) is -0.945. The standard InChI is InChI=1S/C40H49BrN6O9S/c1-8-21-17-40(21,36(51)52)46-34(49)27-15-23(18-47(27)35(50)32(39(4,5)6)44-38(53)56-22-11-9-10-12-22)55-29-16-25(26-19-57-37(43-26)45-33(48)20(2)3)42-31-24(29)13-14-28(54-7)30(31)41/h8,13-14,16,19-23,27,32H,1,9-12,15,17-18H2,2-7H3,(H,44,53)(H,46,49)(H,51,52)(H,43,45,48)/t21-,23+,27-,32+,40-/m1/s1. The van der Waals surface area contributed by atoms with Crippen LogP contribution in [0.25, 0.3) is 22.3 Å². The molecule has 57 heavy (non-hydrogen) atoms. The van der Waals surface area contributed by atoms with Gasteiger partial charge in [-0.15, -0.1) is 17.9 Å². The molecule has 1 aliphatic heterocycles. The van der Waals surface area contributed by atoms with Gasteiger partial charge in [-0.3, -0.25) is 14.4 Å². The molecule has 3 aliphatic rings. The molecule has 0 unspecified atom stereocenters. The second-order valence-electron chi connectivity index (χ2n) is 16.2. The van der Waals surface area contributed by atoms with Crippen molar-refractivity contribution in [1.82, 2.24) is 25.5 Å². The number of ether oxygens (including phenoxy) is 3. The number of halogens is 1. The van der Waals surface area contributed by atoms with Gasteiger partial charge >= 0.3 is 12.1 Å². The maximum Gasteiger partial charge on any atom is 0.408 e. The van der Waals surface area contributed by atoms with Gasteiger partial charge in [-0.1, -0.05) is 40.7 Å². The molecule has 0 bridgehead atoms. The number of aliphatic carboxylic acids is 1. The molecule has 5 atom stereocenters. The third-order valence-electron chi connectivity index (χ3n) is 10.7. The molecule has 0 radical (unpaired) electrons. The van der Waals surface area contributed by atoms with Crippen molar-refractivity contribution in [3.05, 3.63) is 40.7 Å². The van der Waals surface area contributed by atoms with Gasteiger partial charge in [0, 0.05) is 35.1 Å². The van der Waals surface area contributed by atoms with Crippen LogP contribution in [-0.2, 0) is 23.9 Å². The Hall–Kier alpha value is -4.77. The lowest BCUT2D eigenvalue weighted by atomic mass is 9.85. The minimum Gasteiger partial charge on any atom is -0.495 e. The minimum absolute atomic E-state index is 0.00791. The van der Waals surface area contributed by atoms with Crippen LogP contribution in [0.2, 0.25) is 0 Å². The Morgan fingerprint density at radius 2 is 1.81 bits per heavy atom. The molecule has 3 aromatic rings. The summed E-state index contributed by atoms with van der Waals surface area (Å²) in [6.45, 7) is 12.6.